The Bertz CT molecular complexity index is 403. The quantitative estimate of drug-likeness (QED) is 0.726. The molecule has 1 saturated carbocycles. The molecule has 2 unspecified atom stereocenters. The number of H-pyrrole nitrogens is 1. The van der Waals surface area contributed by atoms with Gasteiger partial charge in [0.25, 0.3) is 5.56 Å². The molecule has 1 aromatic heterocycles. The van der Waals surface area contributed by atoms with Crippen molar-refractivity contribution in [3.63, 3.8) is 0 Å². The minimum Gasteiger partial charge on any atom is -0.370 e. The van der Waals surface area contributed by atoms with Gasteiger partial charge >= 0.3 is 0 Å². The maximum atomic E-state index is 11.1. The van der Waals surface area contributed by atoms with Gasteiger partial charge in [0.15, 0.2) is 0 Å². The molecule has 0 spiro atoms. The zero-order valence-electron chi connectivity index (χ0n) is 9.98. The third-order valence-corrected chi connectivity index (χ3v) is 3.59. The van der Waals surface area contributed by atoms with Gasteiger partial charge in [0, 0.05) is 12.6 Å². The summed E-state index contributed by atoms with van der Waals surface area (Å²) in [6.45, 7) is 1.62. The summed E-state index contributed by atoms with van der Waals surface area (Å²) in [5.74, 6) is 1.86. The SMILES string of the molecule is NCC1CCCCC1CNc1cc(=O)[nH]cn1. The normalized spacial score (nSPS) is 24.5. The zero-order chi connectivity index (χ0) is 12.1. The molecule has 0 bridgehead atoms. The summed E-state index contributed by atoms with van der Waals surface area (Å²) < 4.78 is 0. The third-order valence-electron chi connectivity index (χ3n) is 3.59. The number of anilines is 1. The molecule has 94 valence electrons. The van der Waals surface area contributed by atoms with Crippen molar-refractivity contribution >= 4 is 5.82 Å². The number of aromatic amines is 1. The lowest BCUT2D eigenvalue weighted by Crippen LogP contribution is -2.31. The Morgan fingerprint density at radius 2 is 2.18 bits per heavy atom. The van der Waals surface area contributed by atoms with Crippen LogP contribution in [0.2, 0.25) is 0 Å². The number of hydrogen-bond donors (Lipinski definition) is 3. The van der Waals surface area contributed by atoms with Gasteiger partial charge in [0.2, 0.25) is 0 Å². The van der Waals surface area contributed by atoms with Crippen LogP contribution < -0.4 is 16.6 Å². The van der Waals surface area contributed by atoms with E-state index in [1.54, 1.807) is 0 Å². The van der Waals surface area contributed by atoms with Crippen LogP contribution in [0.1, 0.15) is 25.7 Å². The maximum Gasteiger partial charge on any atom is 0.252 e. The number of nitrogens with two attached hydrogens (primary N) is 1. The van der Waals surface area contributed by atoms with Crippen LogP contribution in [0.5, 0.6) is 0 Å². The standard InChI is InChI=1S/C12H20N4O/c13-6-9-3-1-2-4-10(9)7-14-11-5-12(17)16-8-15-11/h5,8-10H,1-4,6-7,13H2,(H2,14,15,16,17). The predicted molar refractivity (Wildman–Crippen MR) is 67.8 cm³/mol. The summed E-state index contributed by atoms with van der Waals surface area (Å²) >= 11 is 0. The van der Waals surface area contributed by atoms with Gasteiger partial charge in [0.1, 0.15) is 5.82 Å². The highest BCUT2D eigenvalue weighted by atomic mass is 16.1. The Morgan fingerprint density at radius 1 is 1.41 bits per heavy atom. The average molecular weight is 236 g/mol. The highest BCUT2D eigenvalue weighted by Crippen LogP contribution is 2.29. The van der Waals surface area contributed by atoms with Crippen LogP contribution in [-0.4, -0.2) is 23.1 Å². The molecule has 0 radical (unpaired) electrons. The lowest BCUT2D eigenvalue weighted by molar-refractivity contribution is 0.255. The summed E-state index contributed by atoms with van der Waals surface area (Å²) in [6, 6.07) is 1.49. The molecule has 1 aromatic rings. The Morgan fingerprint density at radius 3 is 2.88 bits per heavy atom. The Kier molecular flexibility index (Phi) is 4.14. The van der Waals surface area contributed by atoms with E-state index in [1.165, 1.54) is 38.1 Å². The molecular formula is C12H20N4O. The van der Waals surface area contributed by atoms with Crippen molar-refractivity contribution in [3.05, 3.63) is 22.7 Å². The Labute approximate surface area is 101 Å². The van der Waals surface area contributed by atoms with Gasteiger partial charge in [-0.15, -0.1) is 0 Å². The fourth-order valence-electron chi connectivity index (χ4n) is 2.56. The van der Waals surface area contributed by atoms with Crippen LogP contribution in [0.15, 0.2) is 17.2 Å². The third kappa shape index (κ3) is 3.30. The maximum absolute atomic E-state index is 11.1. The molecule has 2 rings (SSSR count). The van der Waals surface area contributed by atoms with Gasteiger partial charge in [-0.1, -0.05) is 12.8 Å². The van der Waals surface area contributed by atoms with Gasteiger partial charge in [-0.2, -0.15) is 0 Å². The van der Waals surface area contributed by atoms with E-state index >= 15 is 0 Å². The first-order valence-electron chi connectivity index (χ1n) is 6.28. The summed E-state index contributed by atoms with van der Waals surface area (Å²) in [5.41, 5.74) is 5.66. The molecule has 1 aliphatic carbocycles. The van der Waals surface area contributed by atoms with E-state index in [0.717, 1.165) is 13.1 Å². The second kappa shape index (κ2) is 5.82. The summed E-state index contributed by atoms with van der Waals surface area (Å²) in [5, 5.41) is 3.23. The molecular weight excluding hydrogens is 216 g/mol. The van der Waals surface area contributed by atoms with Crippen molar-refractivity contribution in [2.24, 2.45) is 17.6 Å². The number of aromatic nitrogens is 2. The van der Waals surface area contributed by atoms with E-state index in [2.05, 4.69) is 15.3 Å². The van der Waals surface area contributed by atoms with E-state index in [-0.39, 0.29) is 5.56 Å². The molecule has 5 heteroatoms. The van der Waals surface area contributed by atoms with Gasteiger partial charge in [-0.25, -0.2) is 4.98 Å². The first kappa shape index (κ1) is 12.1. The predicted octanol–water partition coefficient (Wildman–Crippen LogP) is 0.947. The monoisotopic (exact) mass is 236 g/mol. The number of hydrogen-bond acceptors (Lipinski definition) is 4. The van der Waals surface area contributed by atoms with E-state index in [0.29, 0.717) is 17.7 Å². The molecule has 1 aliphatic rings. The lowest BCUT2D eigenvalue weighted by Gasteiger charge is -2.30. The minimum absolute atomic E-state index is 0.124. The molecule has 0 aliphatic heterocycles. The number of nitrogens with zero attached hydrogens (tertiary/aromatic N) is 1. The van der Waals surface area contributed by atoms with Crippen molar-refractivity contribution in [1.29, 1.82) is 0 Å². The number of nitrogens with one attached hydrogen (secondary N) is 2. The van der Waals surface area contributed by atoms with E-state index in [1.807, 2.05) is 0 Å². The summed E-state index contributed by atoms with van der Waals surface area (Å²) in [4.78, 5) is 17.7. The molecule has 17 heavy (non-hydrogen) atoms. The highest BCUT2D eigenvalue weighted by molar-refractivity contribution is 5.31. The van der Waals surface area contributed by atoms with Crippen LogP contribution in [0.25, 0.3) is 0 Å². The molecule has 0 aromatic carbocycles. The van der Waals surface area contributed by atoms with Crippen molar-refractivity contribution in [2.45, 2.75) is 25.7 Å². The topological polar surface area (TPSA) is 83.8 Å². The van der Waals surface area contributed by atoms with Crippen LogP contribution in [0.4, 0.5) is 5.82 Å². The second-order valence-corrected chi connectivity index (χ2v) is 4.72. The Hall–Kier alpha value is -1.36. The molecule has 4 N–H and O–H groups in total. The number of rotatable bonds is 4. The van der Waals surface area contributed by atoms with E-state index in [4.69, 9.17) is 5.73 Å². The van der Waals surface area contributed by atoms with Crippen molar-refractivity contribution in [2.75, 3.05) is 18.4 Å². The average Bonchev–Trinajstić information content (AvgIpc) is 2.37. The van der Waals surface area contributed by atoms with Crippen LogP contribution >= 0.6 is 0 Å². The van der Waals surface area contributed by atoms with E-state index < -0.39 is 0 Å². The van der Waals surface area contributed by atoms with Gasteiger partial charge in [-0.3, -0.25) is 4.79 Å². The van der Waals surface area contributed by atoms with Crippen LogP contribution in [0.3, 0.4) is 0 Å². The van der Waals surface area contributed by atoms with Crippen molar-refractivity contribution in [1.82, 2.24) is 9.97 Å². The molecule has 1 fully saturated rings. The smallest absolute Gasteiger partial charge is 0.252 e. The first-order chi connectivity index (χ1) is 8.29. The minimum atomic E-state index is -0.124. The van der Waals surface area contributed by atoms with Crippen molar-refractivity contribution < 1.29 is 0 Å². The van der Waals surface area contributed by atoms with Gasteiger partial charge in [0.05, 0.1) is 6.33 Å². The van der Waals surface area contributed by atoms with Crippen LogP contribution in [-0.2, 0) is 0 Å². The molecule has 1 heterocycles. The van der Waals surface area contributed by atoms with Crippen molar-refractivity contribution in [3.8, 4) is 0 Å². The zero-order valence-corrected chi connectivity index (χ0v) is 9.98. The highest BCUT2D eigenvalue weighted by Gasteiger charge is 2.23. The lowest BCUT2D eigenvalue weighted by atomic mass is 9.79. The Balaban J connectivity index is 1.90. The largest absolute Gasteiger partial charge is 0.370 e. The second-order valence-electron chi connectivity index (χ2n) is 4.72. The fourth-order valence-corrected chi connectivity index (χ4v) is 2.56. The molecule has 0 saturated heterocycles. The summed E-state index contributed by atoms with van der Waals surface area (Å²) in [6.07, 6.45) is 6.45. The van der Waals surface area contributed by atoms with Crippen LogP contribution in [0, 0.1) is 11.8 Å². The summed E-state index contributed by atoms with van der Waals surface area (Å²) in [7, 11) is 0. The molecule has 5 nitrogen and oxygen atoms in total. The fraction of sp³-hybridized carbons (Fsp3) is 0.667. The van der Waals surface area contributed by atoms with E-state index in [9.17, 15) is 4.79 Å². The van der Waals surface area contributed by atoms with Gasteiger partial charge < -0.3 is 16.0 Å². The van der Waals surface area contributed by atoms with Gasteiger partial charge in [-0.05, 0) is 31.2 Å². The first-order valence-corrected chi connectivity index (χ1v) is 6.28. The molecule has 0 amide bonds. The molecule has 2 atom stereocenters.